The quantitative estimate of drug-likeness (QED) is 0.728. The van der Waals surface area contributed by atoms with Crippen LogP contribution in [0.25, 0.3) is 0 Å². The molecule has 0 aliphatic rings. The molecule has 72 valence electrons. The molecule has 0 aliphatic carbocycles. The lowest BCUT2D eigenvalue weighted by Crippen LogP contribution is -2.21. The van der Waals surface area contributed by atoms with Crippen LogP contribution in [0.3, 0.4) is 0 Å². The molecule has 1 rings (SSSR count). The van der Waals surface area contributed by atoms with Gasteiger partial charge in [0.05, 0.1) is 0 Å². The van der Waals surface area contributed by atoms with Crippen molar-refractivity contribution >= 4 is 0 Å². The van der Waals surface area contributed by atoms with E-state index < -0.39 is 0 Å². The molecule has 0 bridgehead atoms. The topological polar surface area (TPSA) is 44.9 Å². The zero-order chi connectivity index (χ0) is 9.84. The fraction of sp³-hybridized carbons (Fsp3) is 0.500. The normalized spacial score (nSPS) is 10.4. The van der Waals surface area contributed by atoms with Crippen LogP contribution in [-0.4, -0.2) is 12.0 Å². The zero-order valence-electron chi connectivity index (χ0n) is 8.40. The van der Waals surface area contributed by atoms with E-state index in [1.165, 1.54) is 0 Å². The summed E-state index contributed by atoms with van der Waals surface area (Å²) in [5.74, 6) is 0. The minimum Gasteiger partial charge on any atom is -0.326 e. The number of rotatable bonds is 3. The monoisotopic (exact) mass is 180 g/mol. The van der Waals surface area contributed by atoms with Gasteiger partial charge in [0.15, 0.2) is 0 Å². The van der Waals surface area contributed by atoms with Crippen LogP contribution in [-0.2, 0) is 13.0 Å². The van der Waals surface area contributed by atoms with E-state index in [4.69, 9.17) is 0 Å². The smallest absolute Gasteiger partial charge is 0.252 e. The Hall–Kier alpha value is -1.09. The number of aromatic nitrogens is 1. The molecule has 0 amide bonds. The lowest BCUT2D eigenvalue weighted by Gasteiger charge is -2.06. The molecule has 3 heteroatoms. The van der Waals surface area contributed by atoms with Crippen LogP contribution in [0.5, 0.6) is 0 Å². The molecule has 3 nitrogen and oxygen atoms in total. The van der Waals surface area contributed by atoms with Crippen LogP contribution in [0, 0.1) is 6.92 Å². The van der Waals surface area contributed by atoms with Gasteiger partial charge in [-0.2, -0.15) is 0 Å². The van der Waals surface area contributed by atoms with Crippen molar-refractivity contribution in [3.8, 4) is 0 Å². The van der Waals surface area contributed by atoms with Crippen molar-refractivity contribution in [3.63, 3.8) is 0 Å². The number of hydrogen-bond donors (Lipinski definition) is 2. The molecule has 0 saturated carbocycles. The molecule has 1 heterocycles. The minimum absolute atomic E-state index is 0.0335. The van der Waals surface area contributed by atoms with Crippen molar-refractivity contribution in [2.75, 3.05) is 7.05 Å². The highest BCUT2D eigenvalue weighted by molar-refractivity contribution is 5.26. The maximum absolute atomic E-state index is 11.5. The maximum Gasteiger partial charge on any atom is 0.252 e. The minimum atomic E-state index is 0.0335. The van der Waals surface area contributed by atoms with E-state index in [9.17, 15) is 4.79 Å². The Bertz CT molecular complexity index is 341. The van der Waals surface area contributed by atoms with Gasteiger partial charge >= 0.3 is 0 Å². The SMILES string of the molecule is CCc1cc(C)[nH]c(=O)c1CNC. The van der Waals surface area contributed by atoms with Crippen LogP contribution in [0.15, 0.2) is 10.9 Å². The fourth-order valence-corrected chi connectivity index (χ4v) is 1.47. The van der Waals surface area contributed by atoms with Gasteiger partial charge < -0.3 is 10.3 Å². The summed E-state index contributed by atoms with van der Waals surface area (Å²) in [6, 6.07) is 2.04. The molecule has 0 fully saturated rings. The van der Waals surface area contributed by atoms with E-state index in [2.05, 4.69) is 17.2 Å². The van der Waals surface area contributed by atoms with Crippen molar-refractivity contribution in [2.24, 2.45) is 0 Å². The Labute approximate surface area is 78.2 Å². The fourth-order valence-electron chi connectivity index (χ4n) is 1.47. The van der Waals surface area contributed by atoms with Crippen molar-refractivity contribution in [3.05, 3.63) is 33.2 Å². The summed E-state index contributed by atoms with van der Waals surface area (Å²) in [5.41, 5.74) is 2.96. The van der Waals surface area contributed by atoms with Crippen LogP contribution in [0.1, 0.15) is 23.7 Å². The average Bonchev–Trinajstić information content (AvgIpc) is 2.09. The van der Waals surface area contributed by atoms with Gasteiger partial charge in [-0.1, -0.05) is 6.92 Å². The molecule has 0 unspecified atom stereocenters. The number of aromatic amines is 1. The number of aryl methyl sites for hydroxylation is 2. The molecular formula is C10H16N2O. The van der Waals surface area contributed by atoms with Gasteiger partial charge in [-0.3, -0.25) is 4.79 Å². The van der Waals surface area contributed by atoms with Crippen LogP contribution in [0.4, 0.5) is 0 Å². The average molecular weight is 180 g/mol. The van der Waals surface area contributed by atoms with E-state index in [1.54, 1.807) is 0 Å². The first kappa shape index (κ1) is 9.99. The van der Waals surface area contributed by atoms with E-state index in [-0.39, 0.29) is 5.56 Å². The van der Waals surface area contributed by atoms with Crippen molar-refractivity contribution in [1.82, 2.24) is 10.3 Å². The molecule has 0 atom stereocenters. The second-order valence-corrected chi connectivity index (χ2v) is 3.17. The molecular weight excluding hydrogens is 164 g/mol. The van der Waals surface area contributed by atoms with E-state index >= 15 is 0 Å². The van der Waals surface area contributed by atoms with E-state index in [0.29, 0.717) is 6.54 Å². The molecule has 0 aliphatic heterocycles. The first-order chi connectivity index (χ1) is 6.19. The summed E-state index contributed by atoms with van der Waals surface area (Å²) >= 11 is 0. The summed E-state index contributed by atoms with van der Waals surface area (Å²) in [5, 5.41) is 3.00. The predicted octanol–water partition coefficient (Wildman–Crippen LogP) is 0.965. The zero-order valence-corrected chi connectivity index (χ0v) is 8.40. The van der Waals surface area contributed by atoms with Gasteiger partial charge in [-0.15, -0.1) is 0 Å². The second-order valence-electron chi connectivity index (χ2n) is 3.17. The second kappa shape index (κ2) is 4.23. The molecule has 1 aromatic heterocycles. The Morgan fingerprint density at radius 3 is 2.77 bits per heavy atom. The largest absolute Gasteiger partial charge is 0.326 e. The Balaban J connectivity index is 3.22. The third-order valence-electron chi connectivity index (χ3n) is 2.10. The van der Waals surface area contributed by atoms with Gasteiger partial charge in [-0.05, 0) is 32.0 Å². The number of hydrogen-bond acceptors (Lipinski definition) is 2. The first-order valence-electron chi connectivity index (χ1n) is 4.55. The third-order valence-corrected chi connectivity index (χ3v) is 2.10. The molecule has 13 heavy (non-hydrogen) atoms. The molecule has 1 aromatic rings. The van der Waals surface area contributed by atoms with Crippen LogP contribution < -0.4 is 10.9 Å². The summed E-state index contributed by atoms with van der Waals surface area (Å²) in [7, 11) is 1.85. The standard InChI is InChI=1S/C10H16N2O/c1-4-8-5-7(2)12-10(13)9(8)6-11-3/h5,11H,4,6H2,1-3H3,(H,12,13). The van der Waals surface area contributed by atoms with E-state index in [0.717, 1.165) is 23.2 Å². The molecule has 0 spiro atoms. The van der Waals surface area contributed by atoms with Gasteiger partial charge in [0.1, 0.15) is 0 Å². The predicted molar refractivity (Wildman–Crippen MR) is 53.9 cm³/mol. The van der Waals surface area contributed by atoms with Gasteiger partial charge in [0, 0.05) is 17.8 Å². The van der Waals surface area contributed by atoms with Crippen molar-refractivity contribution < 1.29 is 0 Å². The lowest BCUT2D eigenvalue weighted by molar-refractivity contribution is 0.788. The first-order valence-corrected chi connectivity index (χ1v) is 4.55. The Morgan fingerprint density at radius 1 is 1.54 bits per heavy atom. The number of nitrogens with one attached hydrogen (secondary N) is 2. The summed E-state index contributed by atoms with van der Waals surface area (Å²) < 4.78 is 0. The maximum atomic E-state index is 11.5. The highest BCUT2D eigenvalue weighted by Gasteiger charge is 2.05. The lowest BCUT2D eigenvalue weighted by atomic mass is 10.1. The molecule has 0 radical (unpaired) electrons. The third kappa shape index (κ3) is 2.18. The summed E-state index contributed by atoms with van der Waals surface area (Å²) in [4.78, 5) is 14.3. The Morgan fingerprint density at radius 2 is 2.23 bits per heavy atom. The number of pyridine rings is 1. The van der Waals surface area contributed by atoms with E-state index in [1.807, 2.05) is 20.0 Å². The highest BCUT2D eigenvalue weighted by Crippen LogP contribution is 2.05. The van der Waals surface area contributed by atoms with Crippen LogP contribution in [0.2, 0.25) is 0 Å². The highest BCUT2D eigenvalue weighted by atomic mass is 16.1. The van der Waals surface area contributed by atoms with Crippen molar-refractivity contribution in [2.45, 2.75) is 26.8 Å². The van der Waals surface area contributed by atoms with Gasteiger partial charge in [-0.25, -0.2) is 0 Å². The molecule has 2 N–H and O–H groups in total. The van der Waals surface area contributed by atoms with Gasteiger partial charge in [0.2, 0.25) is 0 Å². The summed E-state index contributed by atoms with van der Waals surface area (Å²) in [6.45, 7) is 4.61. The van der Waals surface area contributed by atoms with Crippen LogP contribution >= 0.6 is 0 Å². The van der Waals surface area contributed by atoms with Gasteiger partial charge in [0.25, 0.3) is 5.56 Å². The number of H-pyrrole nitrogens is 1. The Kier molecular flexibility index (Phi) is 3.25. The summed E-state index contributed by atoms with van der Waals surface area (Å²) in [6.07, 6.45) is 0.905. The molecule has 0 aromatic carbocycles. The molecule has 0 saturated heterocycles. The van der Waals surface area contributed by atoms with Crippen molar-refractivity contribution in [1.29, 1.82) is 0 Å².